The SMILES string of the molecule is C=CCn1ncc(N2CCCC(C)C2CN)c(Br)c1=O. The molecule has 0 aromatic carbocycles. The van der Waals surface area contributed by atoms with E-state index in [0.717, 1.165) is 18.7 Å². The van der Waals surface area contributed by atoms with Crippen molar-refractivity contribution in [3.8, 4) is 0 Å². The molecule has 2 N–H and O–H groups in total. The largest absolute Gasteiger partial charge is 0.365 e. The van der Waals surface area contributed by atoms with Crippen LogP contribution in [0.15, 0.2) is 28.1 Å². The van der Waals surface area contributed by atoms with Crippen molar-refractivity contribution in [3.63, 3.8) is 0 Å². The molecule has 1 aliphatic heterocycles. The van der Waals surface area contributed by atoms with E-state index in [2.05, 4.69) is 39.4 Å². The number of halogens is 1. The molecule has 0 bridgehead atoms. The number of hydrogen-bond donors (Lipinski definition) is 1. The summed E-state index contributed by atoms with van der Waals surface area (Å²) in [5.74, 6) is 0.524. The monoisotopic (exact) mass is 340 g/mol. The fourth-order valence-electron chi connectivity index (χ4n) is 2.82. The molecule has 1 fully saturated rings. The summed E-state index contributed by atoms with van der Waals surface area (Å²) in [6.07, 6.45) is 5.69. The van der Waals surface area contributed by atoms with Crippen LogP contribution in [0.1, 0.15) is 19.8 Å². The topological polar surface area (TPSA) is 64.2 Å². The van der Waals surface area contributed by atoms with Crippen LogP contribution < -0.4 is 16.2 Å². The fraction of sp³-hybridized carbons (Fsp3) is 0.571. The molecule has 2 heterocycles. The minimum atomic E-state index is -0.128. The summed E-state index contributed by atoms with van der Waals surface area (Å²) in [4.78, 5) is 14.5. The van der Waals surface area contributed by atoms with Gasteiger partial charge in [0.05, 0.1) is 18.4 Å². The van der Waals surface area contributed by atoms with Gasteiger partial charge in [0.25, 0.3) is 5.56 Å². The van der Waals surface area contributed by atoms with Gasteiger partial charge in [-0.15, -0.1) is 6.58 Å². The average Bonchev–Trinajstić information content (AvgIpc) is 2.44. The summed E-state index contributed by atoms with van der Waals surface area (Å²) in [5, 5.41) is 4.22. The first-order chi connectivity index (χ1) is 9.60. The predicted molar refractivity (Wildman–Crippen MR) is 85.0 cm³/mol. The Morgan fingerprint density at radius 3 is 3.05 bits per heavy atom. The lowest BCUT2D eigenvalue weighted by Crippen LogP contribution is -2.49. The van der Waals surface area contributed by atoms with Gasteiger partial charge in [-0.25, -0.2) is 4.68 Å². The van der Waals surface area contributed by atoms with Gasteiger partial charge in [0, 0.05) is 19.1 Å². The zero-order chi connectivity index (χ0) is 14.7. The van der Waals surface area contributed by atoms with Gasteiger partial charge in [-0.2, -0.15) is 5.10 Å². The van der Waals surface area contributed by atoms with E-state index in [9.17, 15) is 4.79 Å². The molecule has 0 saturated carbocycles. The second kappa shape index (κ2) is 6.54. The summed E-state index contributed by atoms with van der Waals surface area (Å²) in [6.45, 7) is 7.76. The highest BCUT2D eigenvalue weighted by Crippen LogP contribution is 2.31. The third-order valence-corrected chi connectivity index (χ3v) is 4.68. The maximum Gasteiger partial charge on any atom is 0.283 e. The van der Waals surface area contributed by atoms with Crippen molar-refractivity contribution in [2.24, 2.45) is 11.7 Å². The smallest absolute Gasteiger partial charge is 0.283 e. The number of aromatic nitrogens is 2. The van der Waals surface area contributed by atoms with Gasteiger partial charge >= 0.3 is 0 Å². The van der Waals surface area contributed by atoms with Gasteiger partial charge in [0.2, 0.25) is 0 Å². The van der Waals surface area contributed by atoms with E-state index in [1.807, 2.05) is 0 Å². The van der Waals surface area contributed by atoms with Gasteiger partial charge in [0.1, 0.15) is 4.47 Å². The first-order valence-electron chi connectivity index (χ1n) is 6.93. The van der Waals surface area contributed by atoms with Gasteiger partial charge < -0.3 is 10.6 Å². The zero-order valence-electron chi connectivity index (χ0n) is 11.8. The van der Waals surface area contributed by atoms with E-state index < -0.39 is 0 Å². The molecule has 0 aliphatic carbocycles. The Labute approximate surface area is 127 Å². The lowest BCUT2D eigenvalue weighted by Gasteiger charge is -2.41. The molecular formula is C14H21BrN4O. The molecule has 1 aromatic rings. The Kier molecular flexibility index (Phi) is 4.99. The second-order valence-electron chi connectivity index (χ2n) is 5.24. The van der Waals surface area contributed by atoms with Gasteiger partial charge in [0.15, 0.2) is 0 Å². The maximum absolute atomic E-state index is 12.2. The van der Waals surface area contributed by atoms with Gasteiger partial charge in [-0.3, -0.25) is 4.79 Å². The standard InChI is InChI=1S/C14H21BrN4O/c1-3-6-19-14(20)13(15)12(9-17-19)18-7-4-5-10(2)11(18)8-16/h3,9-11H,1,4-8,16H2,2H3. The van der Waals surface area contributed by atoms with Crippen LogP contribution in [0.3, 0.4) is 0 Å². The predicted octanol–water partition coefficient (Wildman–Crippen LogP) is 1.76. The number of hydrogen-bond acceptors (Lipinski definition) is 4. The van der Waals surface area contributed by atoms with E-state index in [0.29, 0.717) is 23.5 Å². The molecule has 110 valence electrons. The average molecular weight is 341 g/mol. The summed E-state index contributed by atoms with van der Waals surface area (Å²) in [7, 11) is 0. The van der Waals surface area contributed by atoms with Crippen LogP contribution in [-0.2, 0) is 6.54 Å². The highest BCUT2D eigenvalue weighted by Gasteiger charge is 2.29. The number of piperidine rings is 1. The number of allylic oxidation sites excluding steroid dienone is 1. The molecule has 0 spiro atoms. The molecule has 20 heavy (non-hydrogen) atoms. The molecule has 0 radical (unpaired) electrons. The summed E-state index contributed by atoms with van der Waals surface area (Å²) >= 11 is 3.42. The number of nitrogens with two attached hydrogens (primary N) is 1. The number of rotatable bonds is 4. The summed E-state index contributed by atoms with van der Waals surface area (Å²) in [5.41, 5.74) is 6.63. The van der Waals surface area contributed by atoms with Gasteiger partial charge in [-0.1, -0.05) is 13.0 Å². The van der Waals surface area contributed by atoms with Crippen molar-refractivity contribution in [3.05, 3.63) is 33.7 Å². The van der Waals surface area contributed by atoms with E-state index in [1.54, 1.807) is 12.3 Å². The Morgan fingerprint density at radius 2 is 2.40 bits per heavy atom. The Hall–Kier alpha value is -1.14. The van der Waals surface area contributed by atoms with Crippen LogP contribution in [-0.4, -0.2) is 28.9 Å². The molecule has 0 amide bonds. The Balaban J connectivity index is 2.39. The van der Waals surface area contributed by atoms with E-state index in [-0.39, 0.29) is 11.6 Å². The summed E-state index contributed by atoms with van der Waals surface area (Å²) in [6, 6.07) is 0.261. The van der Waals surface area contributed by atoms with Crippen molar-refractivity contribution in [1.29, 1.82) is 0 Å². The molecule has 1 aliphatic rings. The molecule has 6 heteroatoms. The lowest BCUT2D eigenvalue weighted by atomic mass is 9.90. The molecular weight excluding hydrogens is 320 g/mol. The molecule has 2 unspecified atom stereocenters. The maximum atomic E-state index is 12.2. The van der Waals surface area contributed by atoms with Crippen LogP contribution in [0.4, 0.5) is 5.69 Å². The Morgan fingerprint density at radius 1 is 1.65 bits per heavy atom. The number of anilines is 1. The van der Waals surface area contributed by atoms with Crippen molar-refractivity contribution in [1.82, 2.24) is 9.78 Å². The van der Waals surface area contributed by atoms with E-state index >= 15 is 0 Å². The minimum Gasteiger partial charge on any atom is -0.365 e. The van der Waals surface area contributed by atoms with Crippen LogP contribution >= 0.6 is 15.9 Å². The van der Waals surface area contributed by atoms with E-state index in [1.165, 1.54) is 11.1 Å². The van der Waals surface area contributed by atoms with Crippen LogP contribution in [0.25, 0.3) is 0 Å². The fourth-order valence-corrected chi connectivity index (χ4v) is 3.35. The van der Waals surface area contributed by atoms with Crippen LogP contribution in [0, 0.1) is 5.92 Å². The van der Waals surface area contributed by atoms with Crippen molar-refractivity contribution in [2.45, 2.75) is 32.4 Å². The second-order valence-corrected chi connectivity index (χ2v) is 6.03. The van der Waals surface area contributed by atoms with Crippen LogP contribution in [0.5, 0.6) is 0 Å². The first kappa shape index (κ1) is 15.3. The number of nitrogens with zero attached hydrogens (tertiary/aromatic N) is 3. The Bertz CT molecular complexity index is 542. The third kappa shape index (κ3) is 2.81. The molecule has 5 nitrogen and oxygen atoms in total. The minimum absolute atomic E-state index is 0.128. The van der Waals surface area contributed by atoms with E-state index in [4.69, 9.17) is 5.73 Å². The van der Waals surface area contributed by atoms with Gasteiger partial charge in [-0.05, 0) is 34.7 Å². The van der Waals surface area contributed by atoms with Crippen molar-refractivity contribution in [2.75, 3.05) is 18.0 Å². The van der Waals surface area contributed by atoms with Crippen molar-refractivity contribution >= 4 is 21.6 Å². The molecule has 1 aromatic heterocycles. The summed E-state index contributed by atoms with van der Waals surface area (Å²) < 4.78 is 1.95. The highest BCUT2D eigenvalue weighted by molar-refractivity contribution is 9.10. The highest BCUT2D eigenvalue weighted by atomic mass is 79.9. The normalized spacial score (nSPS) is 22.9. The lowest BCUT2D eigenvalue weighted by molar-refractivity contribution is 0.349. The third-order valence-electron chi connectivity index (χ3n) is 3.94. The first-order valence-corrected chi connectivity index (χ1v) is 7.72. The zero-order valence-corrected chi connectivity index (χ0v) is 13.3. The van der Waals surface area contributed by atoms with Crippen LogP contribution in [0.2, 0.25) is 0 Å². The molecule has 2 rings (SSSR count). The molecule has 1 saturated heterocycles. The quantitative estimate of drug-likeness (QED) is 0.848. The molecule has 2 atom stereocenters. The van der Waals surface area contributed by atoms with Crippen molar-refractivity contribution < 1.29 is 0 Å².